The summed E-state index contributed by atoms with van der Waals surface area (Å²) in [5.74, 6) is 0. The van der Waals surface area contributed by atoms with Crippen LogP contribution in [0, 0.1) is 11.3 Å². The third kappa shape index (κ3) is 0.893. The van der Waals surface area contributed by atoms with Gasteiger partial charge in [-0.15, -0.1) is 0 Å². The monoisotopic (exact) mass is 154 g/mol. The van der Waals surface area contributed by atoms with Gasteiger partial charge in [0.05, 0.1) is 5.56 Å². The van der Waals surface area contributed by atoms with Crippen LogP contribution in [0.1, 0.15) is 5.56 Å². The molecule has 0 fully saturated rings. The van der Waals surface area contributed by atoms with Crippen LogP contribution in [0.15, 0.2) is 24.4 Å². The van der Waals surface area contributed by atoms with Gasteiger partial charge in [0.15, 0.2) is 0 Å². The van der Waals surface area contributed by atoms with Crippen molar-refractivity contribution in [1.82, 2.24) is 4.98 Å². The fraction of sp³-hybridized carbons (Fsp3) is 0. The Balaban J connectivity index is 2.86. The lowest BCUT2D eigenvalue weighted by Crippen LogP contribution is -1.99. The molecule has 1 aromatic carbocycles. The first-order valence-electron chi connectivity index (χ1n) is 3.79. The average molecular weight is 154 g/mol. The molecule has 1 N–H and O–H groups in total. The second-order valence-electron chi connectivity index (χ2n) is 2.86. The first-order chi connectivity index (χ1) is 5.81. The second-order valence-corrected chi connectivity index (χ2v) is 2.86. The first-order valence-corrected chi connectivity index (χ1v) is 3.79. The van der Waals surface area contributed by atoms with Crippen molar-refractivity contribution in [3.05, 3.63) is 30.0 Å². The fourth-order valence-electron chi connectivity index (χ4n) is 1.33. The second kappa shape index (κ2) is 2.42. The van der Waals surface area contributed by atoms with Crippen molar-refractivity contribution < 1.29 is 0 Å². The quantitative estimate of drug-likeness (QED) is 0.544. The van der Waals surface area contributed by atoms with Crippen molar-refractivity contribution in [2.75, 3.05) is 0 Å². The predicted octanol–water partition coefficient (Wildman–Crippen LogP) is 0.298. The van der Waals surface area contributed by atoms with Crippen LogP contribution in [-0.2, 0) is 0 Å². The molecule has 0 radical (unpaired) electrons. The van der Waals surface area contributed by atoms with E-state index in [9.17, 15) is 0 Å². The van der Waals surface area contributed by atoms with E-state index in [0.29, 0.717) is 5.56 Å². The third-order valence-corrected chi connectivity index (χ3v) is 1.96. The maximum absolute atomic E-state index is 8.75. The van der Waals surface area contributed by atoms with Gasteiger partial charge in [0, 0.05) is 17.1 Å². The van der Waals surface area contributed by atoms with Crippen LogP contribution >= 0.6 is 0 Å². The number of hydrogen-bond acceptors (Lipinski definition) is 1. The Morgan fingerprint density at radius 3 is 3.00 bits per heavy atom. The number of aromatic nitrogens is 1. The Labute approximate surface area is 71.2 Å². The fourth-order valence-corrected chi connectivity index (χ4v) is 1.33. The van der Waals surface area contributed by atoms with E-state index in [1.165, 1.54) is 5.46 Å². The summed E-state index contributed by atoms with van der Waals surface area (Å²) < 4.78 is 0. The van der Waals surface area contributed by atoms with E-state index in [0.717, 1.165) is 10.9 Å². The van der Waals surface area contributed by atoms with Crippen LogP contribution in [0.25, 0.3) is 10.9 Å². The van der Waals surface area contributed by atoms with Crippen molar-refractivity contribution in [2.45, 2.75) is 0 Å². The summed E-state index contributed by atoms with van der Waals surface area (Å²) in [6, 6.07) is 8.18. The van der Waals surface area contributed by atoms with E-state index in [1.807, 2.05) is 26.0 Å². The van der Waals surface area contributed by atoms with E-state index in [1.54, 1.807) is 6.20 Å². The molecule has 0 atom stereocenters. The van der Waals surface area contributed by atoms with Gasteiger partial charge in [0.25, 0.3) is 0 Å². The lowest BCUT2D eigenvalue weighted by atomic mass is 9.94. The highest BCUT2D eigenvalue weighted by Crippen LogP contribution is 2.14. The number of aromatic amines is 1. The number of nitriles is 1. The summed E-state index contributed by atoms with van der Waals surface area (Å²) >= 11 is 0. The Bertz CT molecular complexity index is 465. The summed E-state index contributed by atoms with van der Waals surface area (Å²) in [6.45, 7) is 0. The van der Waals surface area contributed by atoms with E-state index in [2.05, 4.69) is 11.1 Å². The number of hydrogen-bond donors (Lipinski definition) is 1. The Morgan fingerprint density at radius 1 is 1.42 bits per heavy atom. The van der Waals surface area contributed by atoms with Crippen LogP contribution in [0.3, 0.4) is 0 Å². The number of rotatable bonds is 0. The highest BCUT2D eigenvalue weighted by atomic mass is 14.7. The van der Waals surface area contributed by atoms with E-state index < -0.39 is 0 Å². The molecule has 12 heavy (non-hydrogen) atoms. The molecule has 3 heteroatoms. The van der Waals surface area contributed by atoms with Gasteiger partial charge in [-0.3, -0.25) is 0 Å². The molecular formula is C9H7BN2. The Morgan fingerprint density at radius 2 is 2.25 bits per heavy atom. The normalized spacial score (nSPS) is 9.92. The van der Waals surface area contributed by atoms with Crippen LogP contribution in [-0.4, -0.2) is 12.8 Å². The SMILES string of the molecule is Bc1ccc2[nH]cc(C#N)c2c1. The topological polar surface area (TPSA) is 39.6 Å². The van der Waals surface area contributed by atoms with Crippen molar-refractivity contribution in [2.24, 2.45) is 0 Å². The summed E-state index contributed by atoms with van der Waals surface area (Å²) in [6.07, 6.45) is 1.74. The number of H-pyrrole nitrogens is 1. The largest absolute Gasteiger partial charge is 0.360 e. The highest BCUT2D eigenvalue weighted by Gasteiger charge is 2.00. The molecule has 2 rings (SSSR count). The zero-order chi connectivity index (χ0) is 8.55. The van der Waals surface area contributed by atoms with Crippen molar-refractivity contribution in [3.8, 4) is 6.07 Å². The molecule has 0 saturated heterocycles. The maximum atomic E-state index is 8.75. The minimum Gasteiger partial charge on any atom is -0.360 e. The molecule has 0 aliphatic rings. The van der Waals surface area contributed by atoms with Crippen LogP contribution in [0.4, 0.5) is 0 Å². The molecular weight excluding hydrogens is 147 g/mol. The molecule has 0 saturated carbocycles. The zero-order valence-corrected chi connectivity index (χ0v) is 6.76. The van der Waals surface area contributed by atoms with Gasteiger partial charge in [-0.1, -0.05) is 17.6 Å². The highest BCUT2D eigenvalue weighted by molar-refractivity contribution is 6.33. The average Bonchev–Trinajstić information content (AvgIpc) is 2.46. The van der Waals surface area contributed by atoms with Gasteiger partial charge in [-0.25, -0.2) is 0 Å². The molecule has 0 aliphatic carbocycles. The molecule has 2 aromatic rings. The smallest absolute Gasteiger partial charge is 0.139 e. The van der Waals surface area contributed by atoms with E-state index in [4.69, 9.17) is 5.26 Å². The van der Waals surface area contributed by atoms with Crippen molar-refractivity contribution >= 4 is 24.2 Å². The number of nitrogens with one attached hydrogen (secondary N) is 1. The number of nitrogens with zero attached hydrogens (tertiary/aromatic N) is 1. The van der Waals surface area contributed by atoms with Crippen LogP contribution in [0.5, 0.6) is 0 Å². The van der Waals surface area contributed by atoms with Crippen molar-refractivity contribution in [3.63, 3.8) is 0 Å². The van der Waals surface area contributed by atoms with Gasteiger partial charge in [0.2, 0.25) is 0 Å². The van der Waals surface area contributed by atoms with Gasteiger partial charge >= 0.3 is 0 Å². The minimum atomic E-state index is 0.716. The lowest BCUT2D eigenvalue weighted by Gasteiger charge is -1.92. The molecule has 2 nitrogen and oxygen atoms in total. The number of benzene rings is 1. The van der Waals surface area contributed by atoms with Crippen LogP contribution in [0.2, 0.25) is 0 Å². The van der Waals surface area contributed by atoms with E-state index in [-0.39, 0.29) is 0 Å². The van der Waals surface area contributed by atoms with Crippen molar-refractivity contribution in [1.29, 1.82) is 5.26 Å². The predicted molar refractivity (Wildman–Crippen MR) is 51.2 cm³/mol. The number of fused-ring (bicyclic) bond motifs is 1. The van der Waals surface area contributed by atoms with Gasteiger partial charge in [0.1, 0.15) is 13.9 Å². The Hall–Kier alpha value is -1.69. The zero-order valence-electron chi connectivity index (χ0n) is 6.76. The molecule has 0 bridgehead atoms. The van der Waals surface area contributed by atoms with Gasteiger partial charge in [-0.05, 0) is 6.07 Å². The summed E-state index contributed by atoms with van der Waals surface area (Å²) in [5.41, 5.74) is 2.92. The molecule has 1 aromatic heterocycles. The standard InChI is InChI=1S/C9H7BN2/c10-7-1-2-9-8(3-7)6(4-11)5-12-9/h1-3,5,12H,10H2. The lowest BCUT2D eigenvalue weighted by molar-refractivity contribution is 1.45. The molecule has 0 unspecified atom stereocenters. The summed E-state index contributed by atoms with van der Waals surface area (Å²) in [5, 5.41) is 9.76. The first kappa shape index (κ1) is 6.99. The summed E-state index contributed by atoms with van der Waals surface area (Å²) in [4.78, 5) is 3.04. The van der Waals surface area contributed by atoms with Gasteiger partial charge < -0.3 is 4.98 Å². The molecule has 0 aliphatic heterocycles. The van der Waals surface area contributed by atoms with Gasteiger partial charge in [-0.2, -0.15) is 5.26 Å². The summed E-state index contributed by atoms with van der Waals surface area (Å²) in [7, 11) is 2.02. The molecule has 56 valence electrons. The van der Waals surface area contributed by atoms with E-state index >= 15 is 0 Å². The maximum Gasteiger partial charge on any atom is 0.139 e. The molecule has 0 amide bonds. The van der Waals surface area contributed by atoms with Crippen LogP contribution < -0.4 is 5.46 Å². The minimum absolute atomic E-state index is 0.716. The molecule has 0 spiro atoms. The Kier molecular flexibility index (Phi) is 1.41. The third-order valence-electron chi connectivity index (χ3n) is 1.96. The molecule has 1 heterocycles.